The maximum atomic E-state index is 3.70. The van der Waals surface area contributed by atoms with Gasteiger partial charge in [0.05, 0.1) is 0 Å². The molecule has 0 atom stereocenters. The monoisotopic (exact) mass is 284 g/mol. The fourth-order valence-corrected chi connectivity index (χ4v) is 4.95. The number of hydrogen-bond donors (Lipinski definition) is 1. The van der Waals surface area contributed by atoms with Crippen LogP contribution in [-0.2, 0) is 0 Å². The average Bonchev–Trinajstić information content (AvgIpc) is 2.77. The van der Waals surface area contributed by atoms with Gasteiger partial charge in [-0.05, 0) is 45.1 Å². The zero-order valence-electron chi connectivity index (χ0n) is 13.1. The molecule has 1 saturated heterocycles. The number of nitrogens with zero attached hydrogens (tertiary/aromatic N) is 1. The van der Waals surface area contributed by atoms with E-state index in [4.69, 9.17) is 0 Å². The van der Waals surface area contributed by atoms with Crippen molar-refractivity contribution in [2.75, 3.05) is 38.5 Å². The van der Waals surface area contributed by atoms with Gasteiger partial charge in [-0.15, -0.1) is 0 Å². The lowest BCUT2D eigenvalue weighted by Gasteiger charge is -2.42. The van der Waals surface area contributed by atoms with Gasteiger partial charge in [-0.3, -0.25) is 0 Å². The summed E-state index contributed by atoms with van der Waals surface area (Å²) in [5.41, 5.74) is 0.577. The molecule has 2 fully saturated rings. The normalized spacial score (nSPS) is 26.7. The summed E-state index contributed by atoms with van der Waals surface area (Å²) < 4.78 is 0.453. The predicted molar refractivity (Wildman–Crippen MR) is 87.0 cm³/mol. The van der Waals surface area contributed by atoms with Crippen molar-refractivity contribution >= 4 is 11.8 Å². The SMILES string of the molecule is CCCNCC1(CN2CCSC(C)(C)C2)CCCC1. The van der Waals surface area contributed by atoms with Crippen molar-refractivity contribution in [2.45, 2.75) is 57.6 Å². The van der Waals surface area contributed by atoms with E-state index in [0.717, 1.165) is 0 Å². The Balaban J connectivity index is 1.89. The van der Waals surface area contributed by atoms with Gasteiger partial charge in [0.2, 0.25) is 0 Å². The highest BCUT2D eigenvalue weighted by atomic mass is 32.2. The van der Waals surface area contributed by atoms with E-state index in [9.17, 15) is 0 Å². The molecular weight excluding hydrogens is 252 g/mol. The van der Waals surface area contributed by atoms with E-state index in [-0.39, 0.29) is 0 Å². The number of thioether (sulfide) groups is 1. The van der Waals surface area contributed by atoms with Crippen LogP contribution in [0.5, 0.6) is 0 Å². The summed E-state index contributed by atoms with van der Waals surface area (Å²) in [5.74, 6) is 1.31. The zero-order valence-corrected chi connectivity index (χ0v) is 14.0. The lowest BCUT2D eigenvalue weighted by molar-refractivity contribution is 0.143. The van der Waals surface area contributed by atoms with Crippen molar-refractivity contribution in [3.8, 4) is 0 Å². The maximum absolute atomic E-state index is 3.70. The summed E-state index contributed by atoms with van der Waals surface area (Å²) in [7, 11) is 0. The highest BCUT2D eigenvalue weighted by Gasteiger charge is 2.37. The van der Waals surface area contributed by atoms with Gasteiger partial charge in [-0.25, -0.2) is 0 Å². The maximum Gasteiger partial charge on any atom is 0.0231 e. The average molecular weight is 285 g/mol. The molecule has 2 rings (SSSR count). The minimum Gasteiger partial charge on any atom is -0.316 e. The molecule has 2 aliphatic rings. The van der Waals surface area contributed by atoms with Crippen molar-refractivity contribution in [3.05, 3.63) is 0 Å². The lowest BCUT2D eigenvalue weighted by Crippen LogP contribution is -2.49. The molecule has 0 unspecified atom stereocenters. The summed E-state index contributed by atoms with van der Waals surface area (Å²) in [4.78, 5) is 2.75. The first-order valence-electron chi connectivity index (χ1n) is 8.12. The van der Waals surface area contributed by atoms with Crippen LogP contribution in [0.3, 0.4) is 0 Å². The van der Waals surface area contributed by atoms with E-state index in [1.165, 1.54) is 70.6 Å². The Hall–Kier alpha value is 0.270. The van der Waals surface area contributed by atoms with Gasteiger partial charge in [-0.2, -0.15) is 11.8 Å². The van der Waals surface area contributed by atoms with Gasteiger partial charge in [0.25, 0.3) is 0 Å². The Morgan fingerprint density at radius 1 is 1.21 bits per heavy atom. The van der Waals surface area contributed by atoms with Crippen LogP contribution >= 0.6 is 11.8 Å². The number of rotatable bonds is 6. The second kappa shape index (κ2) is 6.82. The van der Waals surface area contributed by atoms with Crippen LogP contribution in [0.4, 0.5) is 0 Å². The Kier molecular flexibility index (Phi) is 5.62. The molecule has 1 heterocycles. The fourth-order valence-electron chi connectivity index (χ4n) is 3.77. The van der Waals surface area contributed by atoms with E-state index >= 15 is 0 Å². The van der Waals surface area contributed by atoms with Crippen LogP contribution in [0.15, 0.2) is 0 Å². The number of nitrogens with one attached hydrogen (secondary N) is 1. The van der Waals surface area contributed by atoms with Gasteiger partial charge in [0, 0.05) is 36.7 Å². The summed E-state index contributed by atoms with van der Waals surface area (Å²) in [6, 6.07) is 0. The molecule has 1 saturated carbocycles. The van der Waals surface area contributed by atoms with Crippen LogP contribution in [0.1, 0.15) is 52.9 Å². The molecule has 0 aromatic rings. The van der Waals surface area contributed by atoms with Crippen LogP contribution < -0.4 is 5.32 Å². The van der Waals surface area contributed by atoms with Gasteiger partial charge in [-0.1, -0.05) is 19.8 Å². The molecule has 112 valence electrons. The molecule has 2 nitrogen and oxygen atoms in total. The smallest absolute Gasteiger partial charge is 0.0231 e. The molecule has 19 heavy (non-hydrogen) atoms. The molecule has 0 bridgehead atoms. The molecule has 0 radical (unpaired) electrons. The quantitative estimate of drug-likeness (QED) is 0.753. The van der Waals surface area contributed by atoms with Crippen molar-refractivity contribution in [1.29, 1.82) is 0 Å². The Bertz CT molecular complexity index is 272. The van der Waals surface area contributed by atoms with Crippen molar-refractivity contribution in [1.82, 2.24) is 10.2 Å². The first-order chi connectivity index (χ1) is 9.05. The summed E-state index contributed by atoms with van der Waals surface area (Å²) >= 11 is 2.15. The summed E-state index contributed by atoms with van der Waals surface area (Å²) in [6.45, 7) is 13.4. The van der Waals surface area contributed by atoms with Crippen LogP contribution in [0, 0.1) is 5.41 Å². The Morgan fingerprint density at radius 2 is 1.95 bits per heavy atom. The van der Waals surface area contributed by atoms with Gasteiger partial charge < -0.3 is 10.2 Å². The molecular formula is C16H32N2S. The van der Waals surface area contributed by atoms with Crippen molar-refractivity contribution in [2.24, 2.45) is 5.41 Å². The van der Waals surface area contributed by atoms with Gasteiger partial charge in [0.1, 0.15) is 0 Å². The van der Waals surface area contributed by atoms with Crippen LogP contribution in [0.2, 0.25) is 0 Å². The summed E-state index contributed by atoms with van der Waals surface area (Å²) in [5, 5.41) is 3.70. The Labute approximate surface area is 124 Å². The predicted octanol–water partition coefficient (Wildman–Crippen LogP) is 3.37. The largest absolute Gasteiger partial charge is 0.316 e. The molecule has 0 aromatic carbocycles. The van der Waals surface area contributed by atoms with E-state index in [0.29, 0.717) is 10.2 Å². The molecule has 0 aromatic heterocycles. The minimum absolute atomic E-state index is 0.453. The first-order valence-corrected chi connectivity index (χ1v) is 9.11. The van der Waals surface area contributed by atoms with Crippen molar-refractivity contribution in [3.63, 3.8) is 0 Å². The third kappa shape index (κ3) is 4.64. The van der Waals surface area contributed by atoms with Gasteiger partial charge in [0.15, 0.2) is 0 Å². The third-order valence-corrected chi connectivity index (χ3v) is 5.95. The summed E-state index contributed by atoms with van der Waals surface area (Å²) in [6.07, 6.45) is 7.02. The highest BCUT2D eigenvalue weighted by Crippen LogP contribution is 2.40. The van der Waals surface area contributed by atoms with E-state index in [1.54, 1.807) is 0 Å². The molecule has 1 aliphatic carbocycles. The molecule has 1 N–H and O–H groups in total. The fraction of sp³-hybridized carbons (Fsp3) is 1.00. The van der Waals surface area contributed by atoms with Crippen LogP contribution in [-0.4, -0.2) is 48.1 Å². The van der Waals surface area contributed by atoms with Crippen molar-refractivity contribution < 1.29 is 0 Å². The topological polar surface area (TPSA) is 15.3 Å². The highest BCUT2D eigenvalue weighted by molar-refractivity contribution is 8.00. The van der Waals surface area contributed by atoms with Crippen LogP contribution in [0.25, 0.3) is 0 Å². The first kappa shape index (κ1) is 15.7. The Morgan fingerprint density at radius 3 is 2.58 bits per heavy atom. The third-order valence-electron chi connectivity index (χ3n) is 4.65. The number of hydrogen-bond acceptors (Lipinski definition) is 3. The zero-order chi connectivity index (χ0) is 13.8. The standard InChI is InChI=1S/C16H32N2S/c1-4-9-17-12-16(7-5-6-8-16)14-18-10-11-19-15(2,3)13-18/h17H,4-14H2,1-3H3. The van der Waals surface area contributed by atoms with E-state index in [1.807, 2.05) is 0 Å². The lowest BCUT2D eigenvalue weighted by atomic mass is 9.85. The molecule has 3 heteroatoms. The molecule has 0 amide bonds. The van der Waals surface area contributed by atoms with E-state index < -0.39 is 0 Å². The molecule has 0 spiro atoms. The second-order valence-electron chi connectivity index (χ2n) is 7.20. The van der Waals surface area contributed by atoms with Gasteiger partial charge >= 0.3 is 0 Å². The second-order valence-corrected chi connectivity index (χ2v) is 9.00. The minimum atomic E-state index is 0.453. The van der Waals surface area contributed by atoms with E-state index in [2.05, 4.69) is 42.7 Å². The molecule has 1 aliphatic heterocycles.